The molecule has 1 aliphatic rings. The summed E-state index contributed by atoms with van der Waals surface area (Å²) in [5.41, 5.74) is 2.53. The van der Waals surface area contributed by atoms with Gasteiger partial charge >= 0.3 is 0 Å². The molecule has 2 aromatic heterocycles. The second kappa shape index (κ2) is 8.21. The zero-order valence-corrected chi connectivity index (χ0v) is 15.6. The number of hydrogen-bond donors (Lipinski definition) is 2. The van der Waals surface area contributed by atoms with E-state index in [2.05, 4.69) is 20.5 Å². The molecule has 1 aliphatic carbocycles. The number of hydrogen-bond acceptors (Lipinski definition) is 5. The van der Waals surface area contributed by atoms with Gasteiger partial charge in [-0.15, -0.1) is 0 Å². The van der Waals surface area contributed by atoms with E-state index in [1.807, 2.05) is 24.3 Å². The number of anilines is 1. The summed E-state index contributed by atoms with van der Waals surface area (Å²) in [6.45, 7) is 0. The monoisotopic (exact) mass is 377 g/mol. The van der Waals surface area contributed by atoms with Crippen LogP contribution in [0.15, 0.2) is 36.5 Å². The minimum absolute atomic E-state index is 0.0778. The van der Waals surface area contributed by atoms with Crippen LogP contribution >= 0.6 is 0 Å². The Morgan fingerprint density at radius 3 is 2.75 bits per heavy atom. The van der Waals surface area contributed by atoms with Crippen molar-refractivity contribution in [3.63, 3.8) is 0 Å². The minimum Gasteiger partial charge on any atom is -0.367 e. The van der Waals surface area contributed by atoms with Crippen LogP contribution in [0.1, 0.15) is 49.8 Å². The van der Waals surface area contributed by atoms with Crippen LogP contribution in [-0.4, -0.2) is 26.1 Å². The van der Waals surface area contributed by atoms with Crippen LogP contribution in [0.4, 0.5) is 11.5 Å². The smallest absolute Gasteiger partial charge is 0.270 e. The topological polar surface area (TPSA) is 96.7 Å². The molecule has 0 bridgehead atoms. The van der Waals surface area contributed by atoms with Crippen molar-refractivity contribution in [3.05, 3.63) is 57.9 Å². The van der Waals surface area contributed by atoms with Gasteiger partial charge in [-0.1, -0.05) is 43.9 Å². The van der Waals surface area contributed by atoms with Crippen LogP contribution < -0.4 is 5.32 Å². The van der Waals surface area contributed by atoms with Crippen molar-refractivity contribution < 1.29 is 4.92 Å². The Morgan fingerprint density at radius 2 is 1.96 bits per heavy atom. The lowest BCUT2D eigenvalue weighted by molar-refractivity contribution is -0.384. The molecule has 0 saturated heterocycles. The summed E-state index contributed by atoms with van der Waals surface area (Å²) in [4.78, 5) is 15.1. The molecule has 0 spiro atoms. The van der Waals surface area contributed by atoms with Gasteiger partial charge in [-0.05, 0) is 30.5 Å². The Balaban J connectivity index is 1.62. The Hall–Kier alpha value is -3.22. The van der Waals surface area contributed by atoms with Gasteiger partial charge < -0.3 is 5.32 Å². The molecule has 0 unspecified atom stereocenters. The number of fused-ring (bicyclic) bond motifs is 1. The van der Waals surface area contributed by atoms with Gasteiger partial charge in [0, 0.05) is 24.4 Å². The maximum absolute atomic E-state index is 11.0. The van der Waals surface area contributed by atoms with Crippen molar-refractivity contribution >= 4 is 34.6 Å². The van der Waals surface area contributed by atoms with E-state index in [1.165, 1.54) is 31.7 Å². The summed E-state index contributed by atoms with van der Waals surface area (Å²) in [6.07, 6.45) is 12.9. The average molecular weight is 377 g/mol. The standard InChI is InChI=1S/C21H23N5O2/c27-26(28)17-9-5-6-15(14-17)10-11-18-20-19(25-24-18)12-13-22-21(20)23-16-7-3-1-2-4-8-16/h5-6,9-14,16H,1-4,7-8H2,(H,22,23)(H,24,25). The molecular weight excluding hydrogens is 354 g/mol. The molecule has 7 heteroatoms. The van der Waals surface area contributed by atoms with Crippen molar-refractivity contribution in [2.24, 2.45) is 0 Å². The number of nitrogens with one attached hydrogen (secondary N) is 2. The van der Waals surface area contributed by atoms with Gasteiger partial charge in [0.2, 0.25) is 0 Å². The van der Waals surface area contributed by atoms with Gasteiger partial charge in [0.25, 0.3) is 5.69 Å². The molecule has 28 heavy (non-hydrogen) atoms. The average Bonchev–Trinajstić information content (AvgIpc) is 2.95. The molecular formula is C21H23N5O2. The van der Waals surface area contributed by atoms with Crippen molar-refractivity contribution in [2.75, 3.05) is 5.32 Å². The fourth-order valence-electron chi connectivity index (χ4n) is 3.76. The van der Waals surface area contributed by atoms with Gasteiger partial charge in [0.1, 0.15) is 5.82 Å². The van der Waals surface area contributed by atoms with Crippen LogP contribution in [0.3, 0.4) is 0 Å². The van der Waals surface area contributed by atoms with Crippen LogP contribution in [0.2, 0.25) is 0 Å². The zero-order chi connectivity index (χ0) is 19.3. The van der Waals surface area contributed by atoms with Crippen molar-refractivity contribution in [1.82, 2.24) is 15.2 Å². The van der Waals surface area contributed by atoms with Gasteiger partial charge in [-0.2, -0.15) is 5.10 Å². The summed E-state index contributed by atoms with van der Waals surface area (Å²) in [6, 6.07) is 8.88. The molecule has 2 N–H and O–H groups in total. The fourth-order valence-corrected chi connectivity index (χ4v) is 3.76. The molecule has 0 amide bonds. The summed E-state index contributed by atoms with van der Waals surface area (Å²) >= 11 is 0. The van der Waals surface area contributed by atoms with E-state index in [-0.39, 0.29) is 10.6 Å². The summed E-state index contributed by atoms with van der Waals surface area (Å²) in [5.74, 6) is 0.844. The largest absolute Gasteiger partial charge is 0.367 e. The number of nitro groups is 1. The number of aromatic nitrogens is 3. The molecule has 0 atom stereocenters. The summed E-state index contributed by atoms with van der Waals surface area (Å²) in [5, 5.41) is 23.0. The number of pyridine rings is 1. The third-order valence-electron chi connectivity index (χ3n) is 5.21. The van der Waals surface area contributed by atoms with Gasteiger partial charge in [-0.3, -0.25) is 15.2 Å². The number of benzene rings is 1. The molecule has 0 aliphatic heterocycles. The highest BCUT2D eigenvalue weighted by molar-refractivity contribution is 5.97. The zero-order valence-electron chi connectivity index (χ0n) is 15.6. The highest BCUT2D eigenvalue weighted by Gasteiger charge is 2.16. The summed E-state index contributed by atoms with van der Waals surface area (Å²) < 4.78 is 0. The highest BCUT2D eigenvalue weighted by Crippen LogP contribution is 2.28. The lowest BCUT2D eigenvalue weighted by Gasteiger charge is -2.17. The fraction of sp³-hybridized carbons (Fsp3) is 0.333. The lowest BCUT2D eigenvalue weighted by atomic mass is 10.1. The number of nitro benzene ring substituents is 1. The van der Waals surface area contributed by atoms with E-state index >= 15 is 0 Å². The molecule has 4 rings (SSSR count). The van der Waals surface area contributed by atoms with Crippen LogP contribution in [0.5, 0.6) is 0 Å². The lowest BCUT2D eigenvalue weighted by Crippen LogP contribution is -2.19. The number of rotatable bonds is 5. The van der Waals surface area contributed by atoms with Crippen LogP contribution in [-0.2, 0) is 0 Å². The van der Waals surface area contributed by atoms with E-state index in [0.29, 0.717) is 6.04 Å². The van der Waals surface area contributed by atoms with Crippen molar-refractivity contribution in [1.29, 1.82) is 0 Å². The molecule has 144 valence electrons. The van der Waals surface area contributed by atoms with Gasteiger partial charge in [0.15, 0.2) is 0 Å². The van der Waals surface area contributed by atoms with Gasteiger partial charge in [0.05, 0.1) is 21.5 Å². The SMILES string of the molecule is O=[N+]([O-])c1cccc(C=Cc2[nH]nc3ccnc(NC4CCCCCC4)c23)c1. The first-order chi connectivity index (χ1) is 13.7. The normalized spacial score (nSPS) is 15.7. The number of aromatic amines is 1. The third-order valence-corrected chi connectivity index (χ3v) is 5.21. The van der Waals surface area contributed by atoms with E-state index in [1.54, 1.807) is 18.3 Å². The first-order valence-electron chi connectivity index (χ1n) is 9.73. The van der Waals surface area contributed by atoms with Crippen LogP contribution in [0, 0.1) is 10.1 Å². The Kier molecular flexibility index (Phi) is 5.32. The second-order valence-corrected chi connectivity index (χ2v) is 7.21. The van der Waals surface area contributed by atoms with E-state index < -0.39 is 0 Å². The van der Waals surface area contributed by atoms with Crippen molar-refractivity contribution in [2.45, 2.75) is 44.6 Å². The van der Waals surface area contributed by atoms with E-state index in [0.717, 1.165) is 40.8 Å². The Bertz CT molecular complexity index is 1000. The predicted octanol–water partition coefficient (Wildman–Crippen LogP) is 5.17. The Labute approximate surface area is 163 Å². The number of nitrogens with zero attached hydrogens (tertiary/aromatic N) is 3. The second-order valence-electron chi connectivity index (χ2n) is 7.21. The summed E-state index contributed by atoms with van der Waals surface area (Å²) in [7, 11) is 0. The maximum Gasteiger partial charge on any atom is 0.270 e. The highest BCUT2D eigenvalue weighted by atomic mass is 16.6. The quantitative estimate of drug-likeness (QED) is 0.363. The Morgan fingerprint density at radius 1 is 1.14 bits per heavy atom. The van der Waals surface area contributed by atoms with E-state index in [4.69, 9.17) is 0 Å². The molecule has 1 fully saturated rings. The first kappa shape index (κ1) is 18.2. The van der Waals surface area contributed by atoms with E-state index in [9.17, 15) is 10.1 Å². The molecule has 2 heterocycles. The third kappa shape index (κ3) is 4.03. The first-order valence-corrected chi connectivity index (χ1v) is 9.73. The molecule has 0 radical (unpaired) electrons. The molecule has 7 nitrogen and oxygen atoms in total. The minimum atomic E-state index is -0.387. The maximum atomic E-state index is 11.0. The number of H-pyrrole nitrogens is 1. The molecule has 3 aromatic rings. The predicted molar refractivity (Wildman–Crippen MR) is 111 cm³/mol. The molecule has 1 aromatic carbocycles. The van der Waals surface area contributed by atoms with Crippen LogP contribution in [0.25, 0.3) is 23.1 Å². The molecule has 1 saturated carbocycles. The van der Waals surface area contributed by atoms with Gasteiger partial charge in [-0.25, -0.2) is 4.98 Å². The van der Waals surface area contributed by atoms with Crippen molar-refractivity contribution in [3.8, 4) is 0 Å². The number of non-ortho nitro benzene ring substituents is 1.